The maximum absolute atomic E-state index is 12.2. The number of nitrogens with one attached hydrogen (secondary N) is 1. The lowest BCUT2D eigenvalue weighted by Gasteiger charge is -2.37. The van der Waals surface area contributed by atoms with Crippen LogP contribution in [0.25, 0.3) is 0 Å². The van der Waals surface area contributed by atoms with Gasteiger partial charge in [0.15, 0.2) is 5.96 Å². The van der Waals surface area contributed by atoms with Gasteiger partial charge in [-0.05, 0) is 29.8 Å². The molecule has 2 aromatic rings. The summed E-state index contributed by atoms with van der Waals surface area (Å²) in [5.74, 6) is 1.85. The topological polar surface area (TPSA) is 81.1 Å². The highest BCUT2D eigenvalue weighted by Gasteiger charge is 2.20. The number of guanidine groups is 1. The minimum absolute atomic E-state index is 0.293. The second-order valence-electron chi connectivity index (χ2n) is 6.99. The number of nitrogens with zero attached hydrogens (tertiary/aromatic N) is 5. The van der Waals surface area contributed by atoms with E-state index in [-0.39, 0.29) is 0 Å². The first-order valence-electron chi connectivity index (χ1n) is 9.55. The van der Waals surface area contributed by atoms with Gasteiger partial charge in [0, 0.05) is 60.1 Å². The number of piperazine rings is 1. The van der Waals surface area contributed by atoms with Crippen LogP contribution in [0.1, 0.15) is 5.56 Å². The first-order valence-corrected chi connectivity index (χ1v) is 11.0. The summed E-state index contributed by atoms with van der Waals surface area (Å²) in [5, 5.41) is 3.37. The molecule has 1 aromatic heterocycles. The van der Waals surface area contributed by atoms with Gasteiger partial charge >= 0.3 is 0 Å². The number of hydrogen-bond acceptors (Lipinski definition) is 5. The Morgan fingerprint density at radius 2 is 1.79 bits per heavy atom. The number of aromatic nitrogens is 1. The van der Waals surface area contributed by atoms with E-state index in [9.17, 15) is 8.42 Å². The van der Waals surface area contributed by atoms with E-state index in [4.69, 9.17) is 0 Å². The van der Waals surface area contributed by atoms with Crippen molar-refractivity contribution in [3.8, 4) is 0 Å². The Balaban J connectivity index is 1.55. The molecule has 8 nitrogen and oxygen atoms in total. The smallest absolute Gasteiger partial charge is 0.242 e. The Hall–Kier alpha value is -2.65. The third-order valence-electron chi connectivity index (χ3n) is 4.92. The van der Waals surface area contributed by atoms with Crippen LogP contribution >= 0.6 is 0 Å². The van der Waals surface area contributed by atoms with E-state index in [0.29, 0.717) is 11.4 Å². The molecule has 1 saturated heterocycles. The van der Waals surface area contributed by atoms with Gasteiger partial charge in [0.05, 0.1) is 4.90 Å². The molecule has 0 amide bonds. The second kappa shape index (κ2) is 9.23. The lowest BCUT2D eigenvalue weighted by atomic mass is 10.2. The second-order valence-corrected chi connectivity index (χ2v) is 9.15. The Labute approximate surface area is 172 Å². The van der Waals surface area contributed by atoms with Crippen LogP contribution in [-0.2, 0) is 16.6 Å². The molecule has 0 spiro atoms. The van der Waals surface area contributed by atoms with Crippen molar-refractivity contribution in [2.45, 2.75) is 11.4 Å². The van der Waals surface area contributed by atoms with Gasteiger partial charge in [0.2, 0.25) is 10.0 Å². The summed E-state index contributed by atoms with van der Waals surface area (Å²) in [5.41, 5.74) is 0.996. The summed E-state index contributed by atoms with van der Waals surface area (Å²) in [7, 11) is 1.43. The number of pyridine rings is 1. The lowest BCUT2D eigenvalue weighted by Crippen LogP contribution is -2.52. The molecule has 29 heavy (non-hydrogen) atoms. The van der Waals surface area contributed by atoms with Crippen LogP contribution in [0.3, 0.4) is 0 Å². The fourth-order valence-corrected chi connectivity index (χ4v) is 4.09. The molecule has 0 radical (unpaired) electrons. The van der Waals surface area contributed by atoms with E-state index in [2.05, 4.69) is 25.1 Å². The fraction of sp³-hybridized carbons (Fsp3) is 0.400. The normalized spacial score (nSPS) is 15.7. The largest absolute Gasteiger partial charge is 0.353 e. The average molecular weight is 417 g/mol. The molecule has 0 saturated carbocycles. The Bertz CT molecular complexity index is 921. The van der Waals surface area contributed by atoms with Crippen molar-refractivity contribution >= 4 is 21.8 Å². The molecule has 0 aliphatic carbocycles. The summed E-state index contributed by atoms with van der Waals surface area (Å²) in [6.07, 6.45) is 1.82. The van der Waals surface area contributed by atoms with Gasteiger partial charge in [-0.1, -0.05) is 18.2 Å². The zero-order chi connectivity index (χ0) is 20.9. The number of anilines is 1. The van der Waals surface area contributed by atoms with Crippen molar-refractivity contribution in [3.05, 3.63) is 54.2 Å². The van der Waals surface area contributed by atoms with E-state index >= 15 is 0 Å². The van der Waals surface area contributed by atoms with Gasteiger partial charge in [-0.3, -0.25) is 4.99 Å². The zero-order valence-electron chi connectivity index (χ0n) is 17.1. The fourth-order valence-electron chi connectivity index (χ4n) is 3.19. The Morgan fingerprint density at radius 3 is 2.34 bits per heavy atom. The van der Waals surface area contributed by atoms with Crippen molar-refractivity contribution in [1.82, 2.24) is 19.5 Å². The maximum Gasteiger partial charge on any atom is 0.242 e. The highest BCUT2D eigenvalue weighted by molar-refractivity contribution is 7.89. The quantitative estimate of drug-likeness (QED) is 0.583. The highest BCUT2D eigenvalue weighted by atomic mass is 32.2. The van der Waals surface area contributed by atoms with E-state index in [0.717, 1.165) is 43.5 Å². The molecule has 1 aliphatic rings. The van der Waals surface area contributed by atoms with Crippen LogP contribution in [-0.4, -0.2) is 75.9 Å². The van der Waals surface area contributed by atoms with E-state index < -0.39 is 10.0 Å². The predicted molar refractivity (Wildman–Crippen MR) is 116 cm³/mol. The van der Waals surface area contributed by atoms with Crippen molar-refractivity contribution in [1.29, 1.82) is 0 Å². The molecular formula is C20H28N6O2S. The van der Waals surface area contributed by atoms with Gasteiger partial charge in [-0.25, -0.2) is 17.7 Å². The third kappa shape index (κ3) is 5.04. The minimum Gasteiger partial charge on any atom is -0.353 e. The maximum atomic E-state index is 12.2. The number of aliphatic imine (C=N–C) groups is 1. The highest BCUT2D eigenvalue weighted by Crippen LogP contribution is 2.15. The average Bonchev–Trinajstić information content (AvgIpc) is 2.75. The zero-order valence-corrected chi connectivity index (χ0v) is 17.9. The minimum atomic E-state index is -3.40. The molecule has 1 fully saturated rings. The summed E-state index contributed by atoms with van der Waals surface area (Å²) < 4.78 is 25.5. The number of hydrogen-bond donors (Lipinski definition) is 1. The third-order valence-corrected chi connectivity index (χ3v) is 6.75. The predicted octanol–water partition coefficient (Wildman–Crippen LogP) is 1.23. The summed E-state index contributed by atoms with van der Waals surface area (Å²) >= 11 is 0. The number of sulfonamides is 1. The monoisotopic (exact) mass is 416 g/mol. The first-order chi connectivity index (χ1) is 13.9. The van der Waals surface area contributed by atoms with E-state index in [1.165, 1.54) is 18.4 Å². The lowest BCUT2D eigenvalue weighted by molar-refractivity contribution is 0.371. The van der Waals surface area contributed by atoms with Crippen LogP contribution in [0, 0.1) is 0 Å². The van der Waals surface area contributed by atoms with Gasteiger partial charge in [-0.2, -0.15) is 0 Å². The molecule has 9 heteroatoms. The van der Waals surface area contributed by atoms with Crippen molar-refractivity contribution in [2.75, 3.05) is 52.2 Å². The molecule has 1 N–H and O–H groups in total. The molecule has 0 bridgehead atoms. The first kappa shape index (κ1) is 21.1. The van der Waals surface area contributed by atoms with Crippen molar-refractivity contribution in [2.24, 2.45) is 4.99 Å². The number of rotatable bonds is 5. The van der Waals surface area contributed by atoms with Gasteiger partial charge in [0.1, 0.15) is 5.82 Å². The molecule has 1 aromatic carbocycles. The van der Waals surface area contributed by atoms with Crippen LogP contribution in [0.15, 0.2) is 58.5 Å². The van der Waals surface area contributed by atoms with Gasteiger partial charge in [-0.15, -0.1) is 0 Å². The van der Waals surface area contributed by atoms with Crippen LogP contribution in [0.5, 0.6) is 0 Å². The van der Waals surface area contributed by atoms with Crippen LogP contribution in [0.2, 0.25) is 0 Å². The molecule has 0 unspecified atom stereocenters. The number of benzene rings is 1. The van der Waals surface area contributed by atoms with Crippen molar-refractivity contribution < 1.29 is 8.42 Å². The van der Waals surface area contributed by atoms with E-state index in [1.807, 2.05) is 36.5 Å². The van der Waals surface area contributed by atoms with Crippen LogP contribution < -0.4 is 10.2 Å². The van der Waals surface area contributed by atoms with Gasteiger partial charge < -0.3 is 15.1 Å². The molecule has 1 aliphatic heterocycles. The summed E-state index contributed by atoms with van der Waals surface area (Å²) in [6.45, 7) is 4.06. The molecule has 0 atom stereocenters. The summed E-state index contributed by atoms with van der Waals surface area (Å²) in [4.78, 5) is 13.6. The van der Waals surface area contributed by atoms with Crippen LogP contribution in [0.4, 0.5) is 5.82 Å². The van der Waals surface area contributed by atoms with Gasteiger partial charge in [0.25, 0.3) is 0 Å². The van der Waals surface area contributed by atoms with E-state index in [1.54, 1.807) is 19.2 Å². The Morgan fingerprint density at radius 1 is 1.10 bits per heavy atom. The molecule has 156 valence electrons. The summed E-state index contributed by atoms with van der Waals surface area (Å²) in [6, 6.07) is 12.9. The standard InChI is InChI=1S/C20H28N6O2S/c1-21-20(26-14-12-25(13-15-26)19-6-4-5-11-22-19)23-16-17-7-9-18(10-8-17)29(27,28)24(2)3/h4-11H,12-16H2,1-3H3,(H,21,23). The molecule has 2 heterocycles. The molecule has 3 rings (SSSR count). The SMILES string of the molecule is CN=C(NCc1ccc(S(=O)(=O)N(C)C)cc1)N1CCN(c2ccccn2)CC1. The van der Waals surface area contributed by atoms with Crippen molar-refractivity contribution in [3.63, 3.8) is 0 Å². The Kier molecular flexibility index (Phi) is 6.71. The molecular weight excluding hydrogens is 388 g/mol.